The summed E-state index contributed by atoms with van der Waals surface area (Å²) < 4.78 is 5.74. The Hall–Kier alpha value is -1.69. The van der Waals surface area contributed by atoms with Crippen LogP contribution in [0.15, 0.2) is 47.8 Å². The van der Waals surface area contributed by atoms with Gasteiger partial charge in [0.2, 0.25) is 0 Å². The third-order valence-electron chi connectivity index (χ3n) is 4.30. The molecule has 128 valence electrons. The molecule has 1 saturated heterocycles. The van der Waals surface area contributed by atoms with Gasteiger partial charge < -0.3 is 14.7 Å². The van der Waals surface area contributed by atoms with Gasteiger partial charge in [-0.25, -0.2) is 0 Å². The summed E-state index contributed by atoms with van der Waals surface area (Å²) in [5, 5.41) is 12.4. The van der Waals surface area contributed by atoms with Crippen LogP contribution in [0, 0.1) is 0 Å². The van der Waals surface area contributed by atoms with Crippen molar-refractivity contribution >= 4 is 17.2 Å². The number of ether oxygens (including phenoxy) is 1. The summed E-state index contributed by atoms with van der Waals surface area (Å²) in [4.78, 5) is 15.5. The van der Waals surface area contributed by atoms with E-state index in [2.05, 4.69) is 0 Å². The molecule has 2 aromatic rings. The van der Waals surface area contributed by atoms with Crippen LogP contribution in [0.5, 0.6) is 0 Å². The molecule has 1 aromatic heterocycles. The normalized spacial score (nSPS) is 21.6. The predicted molar refractivity (Wildman–Crippen MR) is 94.7 cm³/mol. The lowest BCUT2D eigenvalue weighted by Crippen LogP contribution is -2.41. The Morgan fingerprint density at radius 2 is 2.08 bits per heavy atom. The first-order valence-electron chi connectivity index (χ1n) is 8.33. The molecule has 1 amide bonds. The number of nitrogens with zero attached hydrogens (tertiary/aromatic N) is 1. The number of amides is 1. The Balaban J connectivity index is 1.73. The van der Waals surface area contributed by atoms with Crippen LogP contribution in [0.1, 0.15) is 36.3 Å². The maximum atomic E-state index is 12.9. The summed E-state index contributed by atoms with van der Waals surface area (Å²) in [5.41, 5.74) is 1.05. The molecule has 1 aliphatic rings. The predicted octanol–water partition coefficient (Wildman–Crippen LogP) is 3.38. The van der Waals surface area contributed by atoms with Gasteiger partial charge in [-0.1, -0.05) is 36.4 Å². The number of benzene rings is 1. The van der Waals surface area contributed by atoms with Crippen molar-refractivity contribution < 1.29 is 14.6 Å². The first-order valence-corrected chi connectivity index (χ1v) is 9.21. The molecule has 0 spiro atoms. The summed E-state index contributed by atoms with van der Waals surface area (Å²) in [5.74, 6) is -0.0289. The maximum Gasteiger partial charge on any atom is 0.252 e. The van der Waals surface area contributed by atoms with E-state index in [-0.39, 0.29) is 24.7 Å². The van der Waals surface area contributed by atoms with Gasteiger partial charge in [0.25, 0.3) is 5.91 Å². The summed E-state index contributed by atoms with van der Waals surface area (Å²) in [6.07, 6.45) is 0.721. The Kier molecular flexibility index (Phi) is 5.66. The highest BCUT2D eigenvalue weighted by Gasteiger charge is 2.32. The average Bonchev–Trinajstić information content (AvgIpc) is 3.26. The van der Waals surface area contributed by atoms with Gasteiger partial charge in [0.05, 0.1) is 12.6 Å². The van der Waals surface area contributed by atoms with Crippen LogP contribution >= 0.6 is 11.3 Å². The first kappa shape index (κ1) is 17.1. The van der Waals surface area contributed by atoms with Gasteiger partial charge >= 0.3 is 0 Å². The van der Waals surface area contributed by atoms with Crippen molar-refractivity contribution in [3.05, 3.63) is 58.3 Å². The molecule has 2 heterocycles. The number of rotatable bonds is 6. The van der Waals surface area contributed by atoms with E-state index in [0.29, 0.717) is 6.54 Å². The smallest absolute Gasteiger partial charge is 0.252 e. The Morgan fingerprint density at radius 1 is 1.29 bits per heavy atom. The Bertz CT molecular complexity index is 644. The van der Waals surface area contributed by atoms with Gasteiger partial charge in [-0.05, 0) is 36.8 Å². The van der Waals surface area contributed by atoms with Crippen molar-refractivity contribution in [3.8, 4) is 0 Å². The molecule has 1 N–H and O–H groups in total. The molecule has 0 saturated carbocycles. The van der Waals surface area contributed by atoms with Gasteiger partial charge in [-0.15, -0.1) is 11.3 Å². The van der Waals surface area contributed by atoms with E-state index >= 15 is 0 Å². The quantitative estimate of drug-likeness (QED) is 0.873. The molecular formula is C19H23NO3S. The fourth-order valence-corrected chi connectivity index (χ4v) is 3.71. The van der Waals surface area contributed by atoms with Gasteiger partial charge in [0.15, 0.2) is 0 Å². The van der Waals surface area contributed by atoms with Crippen molar-refractivity contribution in [1.82, 2.24) is 4.90 Å². The summed E-state index contributed by atoms with van der Waals surface area (Å²) in [6.45, 7) is 2.76. The molecule has 3 rings (SSSR count). The highest BCUT2D eigenvalue weighted by atomic mass is 32.1. The molecule has 1 aromatic carbocycles. The van der Waals surface area contributed by atoms with E-state index in [1.165, 1.54) is 11.3 Å². The Labute approximate surface area is 146 Å². The summed E-state index contributed by atoms with van der Waals surface area (Å²) >= 11 is 1.50. The number of hydrogen-bond donors (Lipinski definition) is 1. The van der Waals surface area contributed by atoms with E-state index in [1.54, 1.807) is 4.90 Å². The molecular weight excluding hydrogens is 322 g/mol. The zero-order chi connectivity index (χ0) is 16.9. The second kappa shape index (κ2) is 7.92. The fourth-order valence-electron chi connectivity index (χ4n) is 3.00. The van der Waals surface area contributed by atoms with E-state index in [9.17, 15) is 9.90 Å². The van der Waals surface area contributed by atoms with Crippen LogP contribution in [0.2, 0.25) is 0 Å². The molecule has 4 nitrogen and oxygen atoms in total. The minimum Gasteiger partial charge on any atom is -0.386 e. The van der Waals surface area contributed by atoms with Crippen LogP contribution in [0.4, 0.5) is 0 Å². The standard InChI is InChI=1S/C19H23NO3S/c1-14-9-10-17(23-14)19(22)20(12-15-6-3-2-4-7-15)13-16(21)18-8-5-11-24-18/h2-8,11,14,16-17,21H,9-10,12-13H2,1H3. The number of thiophene rings is 1. The van der Waals surface area contributed by atoms with E-state index < -0.39 is 6.10 Å². The zero-order valence-corrected chi connectivity index (χ0v) is 14.6. The topological polar surface area (TPSA) is 49.8 Å². The number of carbonyl (C=O) groups is 1. The lowest BCUT2D eigenvalue weighted by Gasteiger charge is -2.27. The molecule has 1 fully saturated rings. The number of aliphatic hydroxyl groups excluding tert-OH is 1. The van der Waals surface area contributed by atoms with Crippen LogP contribution < -0.4 is 0 Å². The largest absolute Gasteiger partial charge is 0.386 e. The van der Waals surface area contributed by atoms with Crippen molar-refractivity contribution in [1.29, 1.82) is 0 Å². The molecule has 1 aliphatic heterocycles. The minimum absolute atomic E-state index is 0.0289. The van der Waals surface area contributed by atoms with E-state index in [4.69, 9.17) is 4.74 Å². The van der Waals surface area contributed by atoms with Crippen LogP contribution in [-0.2, 0) is 16.1 Å². The number of hydrogen-bond acceptors (Lipinski definition) is 4. The molecule has 0 radical (unpaired) electrons. The van der Waals surface area contributed by atoms with Gasteiger partial charge in [-0.2, -0.15) is 0 Å². The van der Waals surface area contributed by atoms with Crippen LogP contribution in [-0.4, -0.2) is 34.7 Å². The second-order valence-electron chi connectivity index (χ2n) is 6.25. The van der Waals surface area contributed by atoms with Crippen LogP contribution in [0.3, 0.4) is 0 Å². The molecule has 24 heavy (non-hydrogen) atoms. The fraction of sp³-hybridized carbons (Fsp3) is 0.421. The molecule has 3 unspecified atom stereocenters. The van der Waals surface area contributed by atoms with Crippen molar-refractivity contribution in [2.75, 3.05) is 6.54 Å². The van der Waals surface area contributed by atoms with Gasteiger partial charge in [0.1, 0.15) is 12.2 Å². The zero-order valence-electron chi connectivity index (χ0n) is 13.8. The number of aliphatic hydroxyl groups is 1. The van der Waals surface area contributed by atoms with Gasteiger partial charge in [-0.3, -0.25) is 4.79 Å². The highest BCUT2D eigenvalue weighted by molar-refractivity contribution is 7.10. The van der Waals surface area contributed by atoms with E-state index in [0.717, 1.165) is 23.3 Å². The lowest BCUT2D eigenvalue weighted by atomic mass is 10.1. The minimum atomic E-state index is -0.670. The third kappa shape index (κ3) is 4.23. The Morgan fingerprint density at radius 3 is 2.71 bits per heavy atom. The second-order valence-corrected chi connectivity index (χ2v) is 7.23. The van der Waals surface area contributed by atoms with Crippen molar-refractivity contribution in [2.24, 2.45) is 0 Å². The van der Waals surface area contributed by atoms with Crippen molar-refractivity contribution in [2.45, 2.75) is 44.6 Å². The monoisotopic (exact) mass is 345 g/mol. The lowest BCUT2D eigenvalue weighted by molar-refractivity contribution is -0.144. The molecule has 0 bridgehead atoms. The van der Waals surface area contributed by atoms with Crippen LogP contribution in [0.25, 0.3) is 0 Å². The molecule has 5 heteroatoms. The average molecular weight is 345 g/mol. The maximum absolute atomic E-state index is 12.9. The molecule has 0 aliphatic carbocycles. The SMILES string of the molecule is CC1CCC(C(=O)N(Cc2ccccc2)CC(O)c2cccs2)O1. The third-order valence-corrected chi connectivity index (χ3v) is 5.27. The van der Waals surface area contributed by atoms with Crippen molar-refractivity contribution in [3.63, 3.8) is 0 Å². The summed E-state index contributed by atoms with van der Waals surface area (Å²) in [6, 6.07) is 13.7. The molecule has 3 atom stereocenters. The van der Waals surface area contributed by atoms with E-state index in [1.807, 2.05) is 54.8 Å². The summed E-state index contributed by atoms with van der Waals surface area (Å²) in [7, 11) is 0. The first-order chi connectivity index (χ1) is 11.6. The van der Waals surface area contributed by atoms with Gasteiger partial charge in [0, 0.05) is 11.4 Å². The number of carbonyl (C=O) groups excluding carboxylic acids is 1. The highest BCUT2D eigenvalue weighted by Crippen LogP contribution is 2.25.